The lowest BCUT2D eigenvalue weighted by Crippen LogP contribution is -2.38. The quantitative estimate of drug-likeness (QED) is 0.281. The minimum Gasteiger partial charge on any atom is -0.368 e. The van der Waals surface area contributed by atoms with Gasteiger partial charge in [0.2, 0.25) is 0 Å². The van der Waals surface area contributed by atoms with E-state index in [0.29, 0.717) is 46.7 Å². The first-order valence-electron chi connectivity index (χ1n) is 13.5. The first-order valence-corrected chi connectivity index (χ1v) is 13.9. The lowest BCUT2D eigenvalue weighted by molar-refractivity contribution is 0.0712. The zero-order valence-electron chi connectivity index (χ0n) is 22.9. The van der Waals surface area contributed by atoms with Crippen LogP contribution >= 0.6 is 11.6 Å². The van der Waals surface area contributed by atoms with Gasteiger partial charge < -0.3 is 15.5 Å². The molecule has 0 radical (unpaired) electrons. The molecule has 1 saturated heterocycles. The largest absolute Gasteiger partial charge is 0.368 e. The minimum absolute atomic E-state index is 0.0664. The molecule has 206 valence electrons. The zero-order chi connectivity index (χ0) is 28.2. The molecule has 8 nitrogen and oxygen atoms in total. The molecule has 2 aromatic heterocycles. The van der Waals surface area contributed by atoms with Crippen LogP contribution in [0.25, 0.3) is 11.1 Å². The molecule has 9 heteroatoms. The van der Waals surface area contributed by atoms with Crippen LogP contribution in [0.4, 0.5) is 11.5 Å². The van der Waals surface area contributed by atoms with Gasteiger partial charge in [-0.1, -0.05) is 35.9 Å². The summed E-state index contributed by atoms with van der Waals surface area (Å²) < 4.78 is 1.80. The van der Waals surface area contributed by atoms with Crippen LogP contribution in [0.5, 0.6) is 0 Å². The highest BCUT2D eigenvalue weighted by Gasteiger charge is 2.25. The van der Waals surface area contributed by atoms with Gasteiger partial charge >= 0.3 is 0 Å². The number of carbonyl (C=O) groups is 2. The van der Waals surface area contributed by atoms with E-state index in [-0.39, 0.29) is 17.9 Å². The summed E-state index contributed by atoms with van der Waals surface area (Å²) in [6.07, 6.45) is 7.17. The molecule has 0 aliphatic carbocycles. The summed E-state index contributed by atoms with van der Waals surface area (Å²) in [6, 6.07) is 17.3. The third kappa shape index (κ3) is 6.34. The van der Waals surface area contributed by atoms with Gasteiger partial charge in [0.05, 0.1) is 22.5 Å². The Kier molecular flexibility index (Phi) is 8.16. The van der Waals surface area contributed by atoms with Gasteiger partial charge in [0.1, 0.15) is 5.82 Å². The second-order valence-electron chi connectivity index (χ2n) is 10.5. The molecule has 1 fully saturated rings. The van der Waals surface area contributed by atoms with E-state index in [2.05, 4.69) is 45.0 Å². The summed E-state index contributed by atoms with van der Waals surface area (Å²) in [4.78, 5) is 32.3. The van der Waals surface area contributed by atoms with Crippen molar-refractivity contribution in [3.8, 4) is 11.1 Å². The molecule has 2 amide bonds. The van der Waals surface area contributed by atoms with Crippen molar-refractivity contribution in [3.05, 3.63) is 94.9 Å². The van der Waals surface area contributed by atoms with E-state index in [9.17, 15) is 9.59 Å². The van der Waals surface area contributed by atoms with Crippen LogP contribution in [0.2, 0.25) is 5.02 Å². The number of hydrogen-bond acceptors (Lipinski definition) is 5. The fourth-order valence-corrected chi connectivity index (χ4v) is 5.14. The minimum atomic E-state index is -0.342. The molecule has 40 heavy (non-hydrogen) atoms. The van der Waals surface area contributed by atoms with E-state index in [1.165, 1.54) is 11.8 Å². The number of nitrogens with zero attached hydrogens (tertiary/aromatic N) is 4. The molecule has 0 atom stereocenters. The van der Waals surface area contributed by atoms with Crippen LogP contribution in [-0.2, 0) is 7.05 Å². The van der Waals surface area contributed by atoms with Crippen LogP contribution in [0, 0.1) is 0 Å². The van der Waals surface area contributed by atoms with E-state index >= 15 is 0 Å². The maximum atomic E-state index is 13.3. The van der Waals surface area contributed by atoms with Gasteiger partial charge in [-0.05, 0) is 74.1 Å². The first-order chi connectivity index (χ1) is 19.3. The van der Waals surface area contributed by atoms with Crippen molar-refractivity contribution in [3.63, 3.8) is 0 Å². The first kappa shape index (κ1) is 27.4. The van der Waals surface area contributed by atoms with Crippen molar-refractivity contribution < 1.29 is 9.59 Å². The molecular formula is C31H33ClN6O2. The molecule has 4 aromatic rings. The van der Waals surface area contributed by atoms with Crippen LogP contribution in [0.15, 0.2) is 73.2 Å². The number of amides is 2. The van der Waals surface area contributed by atoms with Crippen LogP contribution in [0.3, 0.4) is 0 Å². The number of likely N-dealkylation sites (tertiary alicyclic amines) is 1. The Labute approximate surface area is 239 Å². The van der Waals surface area contributed by atoms with E-state index in [0.717, 1.165) is 24.0 Å². The molecule has 2 aromatic carbocycles. The molecule has 5 rings (SSSR count). The highest BCUT2D eigenvalue weighted by Crippen LogP contribution is 2.31. The summed E-state index contributed by atoms with van der Waals surface area (Å²) in [7, 11) is 1.91. The second-order valence-corrected chi connectivity index (χ2v) is 10.9. The van der Waals surface area contributed by atoms with Gasteiger partial charge in [-0.2, -0.15) is 5.10 Å². The number of rotatable bonds is 7. The lowest BCUT2D eigenvalue weighted by Gasteiger charge is -2.32. The highest BCUT2D eigenvalue weighted by molar-refractivity contribution is 6.34. The van der Waals surface area contributed by atoms with E-state index in [1.54, 1.807) is 35.0 Å². The predicted octanol–water partition coefficient (Wildman–Crippen LogP) is 6.23. The van der Waals surface area contributed by atoms with Crippen LogP contribution in [-0.4, -0.2) is 50.6 Å². The number of aromatic nitrogens is 3. The second kappa shape index (κ2) is 11.9. The molecule has 2 N–H and O–H groups in total. The smallest absolute Gasteiger partial charge is 0.257 e. The molecule has 1 aliphatic rings. The number of hydrogen-bond donors (Lipinski definition) is 2. The summed E-state index contributed by atoms with van der Waals surface area (Å²) in [5.41, 5.74) is 4.82. The fourth-order valence-electron chi connectivity index (χ4n) is 4.97. The Hall–Kier alpha value is -4.17. The van der Waals surface area contributed by atoms with Crippen molar-refractivity contribution in [2.75, 3.05) is 23.7 Å². The normalized spacial score (nSPS) is 13.9. The highest BCUT2D eigenvalue weighted by atomic mass is 35.5. The number of benzene rings is 2. The molecule has 3 heterocycles. The Morgan fingerprint density at radius 2 is 1.68 bits per heavy atom. The standard InChI is InChI=1S/C31H33ClN6O2/c1-20(2)35-29-11-9-25(17-33-29)30(39)36-28-16-24(8-10-27(28)32)31(40)38-14-12-23(13-15-38)21-4-6-22(7-5-21)26-18-34-37(3)19-26/h4-11,16-20,23H,12-15H2,1-3H3,(H,33,35)(H,36,39). The summed E-state index contributed by atoms with van der Waals surface area (Å²) in [6.45, 7) is 5.37. The average molecular weight is 557 g/mol. The van der Waals surface area contributed by atoms with Gasteiger partial charge in [0.25, 0.3) is 11.8 Å². The molecule has 1 aliphatic heterocycles. The Morgan fingerprint density at radius 1 is 0.950 bits per heavy atom. The summed E-state index contributed by atoms with van der Waals surface area (Å²) >= 11 is 6.37. The number of pyridine rings is 1. The van der Waals surface area contributed by atoms with Gasteiger partial charge in [-0.3, -0.25) is 14.3 Å². The number of piperidine rings is 1. The zero-order valence-corrected chi connectivity index (χ0v) is 23.7. The predicted molar refractivity (Wildman–Crippen MR) is 159 cm³/mol. The third-order valence-corrected chi connectivity index (χ3v) is 7.46. The SMILES string of the molecule is CC(C)Nc1ccc(C(=O)Nc2cc(C(=O)N3CCC(c4ccc(-c5cnn(C)c5)cc4)CC3)ccc2Cl)cn1. The van der Waals surface area contributed by atoms with Crippen molar-refractivity contribution in [1.82, 2.24) is 19.7 Å². The summed E-state index contributed by atoms with van der Waals surface area (Å²) in [5, 5.41) is 10.6. The summed E-state index contributed by atoms with van der Waals surface area (Å²) in [5.74, 6) is 0.694. The van der Waals surface area contributed by atoms with Gasteiger partial charge in [0, 0.05) is 49.7 Å². The maximum Gasteiger partial charge on any atom is 0.257 e. The van der Waals surface area contributed by atoms with Gasteiger partial charge in [-0.25, -0.2) is 4.98 Å². The number of halogens is 1. The Bertz CT molecular complexity index is 1490. The number of aryl methyl sites for hydroxylation is 1. The van der Waals surface area contributed by atoms with Crippen molar-refractivity contribution in [1.29, 1.82) is 0 Å². The van der Waals surface area contributed by atoms with Crippen molar-refractivity contribution in [2.24, 2.45) is 7.05 Å². The molecular weight excluding hydrogens is 524 g/mol. The third-order valence-electron chi connectivity index (χ3n) is 7.13. The monoisotopic (exact) mass is 556 g/mol. The number of anilines is 2. The lowest BCUT2D eigenvalue weighted by atomic mass is 9.88. The van der Waals surface area contributed by atoms with E-state index in [4.69, 9.17) is 11.6 Å². The topological polar surface area (TPSA) is 92.2 Å². The fraction of sp³-hybridized carbons (Fsp3) is 0.290. The van der Waals surface area contributed by atoms with Gasteiger partial charge in [0.15, 0.2) is 0 Å². The number of nitrogens with one attached hydrogen (secondary N) is 2. The number of carbonyl (C=O) groups excluding carboxylic acids is 2. The van der Waals surface area contributed by atoms with E-state index in [1.807, 2.05) is 38.2 Å². The molecule has 0 unspecified atom stereocenters. The Morgan fingerprint density at radius 3 is 2.30 bits per heavy atom. The average Bonchev–Trinajstić information content (AvgIpc) is 3.40. The van der Waals surface area contributed by atoms with Crippen LogP contribution < -0.4 is 10.6 Å². The maximum absolute atomic E-state index is 13.3. The van der Waals surface area contributed by atoms with Crippen molar-refractivity contribution >= 4 is 34.9 Å². The molecule has 0 saturated carbocycles. The molecule has 0 bridgehead atoms. The van der Waals surface area contributed by atoms with Crippen molar-refractivity contribution in [2.45, 2.75) is 38.6 Å². The van der Waals surface area contributed by atoms with Gasteiger partial charge in [-0.15, -0.1) is 0 Å². The van der Waals surface area contributed by atoms with Crippen LogP contribution in [0.1, 0.15) is 58.9 Å². The Balaban J connectivity index is 1.19. The molecule has 0 spiro atoms. The van der Waals surface area contributed by atoms with E-state index < -0.39 is 0 Å².